The standard InChI is InChI=1S/C25H24N2O6/c1-3-31-17-9-10-18(20(13-17)32-4-2)23(28)21-22(19-8-6-12-33-19)27(25(30)24(21)29)15-16-7-5-11-26-14-16/h5-14,22,28H,3-4,15H2,1-2H3/b23-21-. The molecule has 33 heavy (non-hydrogen) atoms. The summed E-state index contributed by atoms with van der Waals surface area (Å²) in [5.74, 6) is -0.590. The summed E-state index contributed by atoms with van der Waals surface area (Å²) in [6.07, 6.45) is 4.71. The highest BCUT2D eigenvalue weighted by Crippen LogP contribution is 2.42. The molecular formula is C25H24N2O6. The number of nitrogens with zero attached hydrogens (tertiary/aromatic N) is 2. The number of carbonyl (C=O) groups is 2. The lowest BCUT2D eigenvalue weighted by molar-refractivity contribution is -0.140. The highest BCUT2D eigenvalue weighted by Gasteiger charge is 2.47. The lowest BCUT2D eigenvalue weighted by Gasteiger charge is -2.23. The van der Waals surface area contributed by atoms with Gasteiger partial charge in [-0.05, 0) is 49.7 Å². The number of amides is 1. The fourth-order valence-electron chi connectivity index (χ4n) is 3.85. The van der Waals surface area contributed by atoms with Crippen LogP contribution in [0.2, 0.25) is 0 Å². The Morgan fingerprint density at radius 2 is 1.94 bits per heavy atom. The van der Waals surface area contributed by atoms with E-state index in [0.29, 0.717) is 30.5 Å². The molecule has 4 rings (SSSR count). The summed E-state index contributed by atoms with van der Waals surface area (Å²) in [5.41, 5.74) is 0.965. The second-order valence-electron chi connectivity index (χ2n) is 7.33. The Morgan fingerprint density at radius 1 is 1.12 bits per heavy atom. The topological polar surface area (TPSA) is 102 Å². The zero-order valence-corrected chi connectivity index (χ0v) is 18.4. The number of Topliss-reactive ketones (excluding diaryl/α,β-unsaturated/α-hetero) is 1. The molecule has 1 aliphatic rings. The Morgan fingerprint density at radius 3 is 2.61 bits per heavy atom. The summed E-state index contributed by atoms with van der Waals surface area (Å²) in [5, 5.41) is 11.3. The van der Waals surface area contributed by atoms with Gasteiger partial charge in [-0.2, -0.15) is 0 Å². The second-order valence-corrected chi connectivity index (χ2v) is 7.33. The average Bonchev–Trinajstić information content (AvgIpc) is 3.43. The lowest BCUT2D eigenvalue weighted by atomic mass is 9.98. The van der Waals surface area contributed by atoms with Gasteiger partial charge < -0.3 is 23.9 Å². The van der Waals surface area contributed by atoms with Crippen molar-refractivity contribution in [2.75, 3.05) is 13.2 Å². The van der Waals surface area contributed by atoms with Crippen molar-refractivity contribution in [3.05, 3.63) is 83.6 Å². The molecule has 1 N–H and O–H groups in total. The average molecular weight is 448 g/mol. The third-order valence-corrected chi connectivity index (χ3v) is 5.25. The number of hydrogen-bond acceptors (Lipinski definition) is 7. The molecule has 1 saturated heterocycles. The minimum Gasteiger partial charge on any atom is -0.507 e. The molecule has 1 unspecified atom stereocenters. The van der Waals surface area contributed by atoms with E-state index in [9.17, 15) is 14.7 Å². The van der Waals surface area contributed by atoms with Crippen molar-refractivity contribution >= 4 is 17.4 Å². The molecule has 0 aliphatic carbocycles. The van der Waals surface area contributed by atoms with Gasteiger partial charge in [-0.3, -0.25) is 14.6 Å². The zero-order chi connectivity index (χ0) is 23.4. The van der Waals surface area contributed by atoms with E-state index in [1.165, 1.54) is 11.2 Å². The molecule has 8 nitrogen and oxygen atoms in total. The van der Waals surface area contributed by atoms with Crippen molar-refractivity contribution in [3.63, 3.8) is 0 Å². The van der Waals surface area contributed by atoms with Crippen LogP contribution in [0.25, 0.3) is 5.76 Å². The summed E-state index contributed by atoms with van der Waals surface area (Å²) < 4.78 is 16.8. The van der Waals surface area contributed by atoms with E-state index in [-0.39, 0.29) is 23.4 Å². The Labute approximate surface area is 191 Å². The molecule has 1 fully saturated rings. The molecule has 3 aromatic rings. The Hall–Kier alpha value is -4.07. The molecule has 0 spiro atoms. The number of aliphatic hydroxyl groups is 1. The van der Waals surface area contributed by atoms with Crippen molar-refractivity contribution in [2.45, 2.75) is 26.4 Å². The third-order valence-electron chi connectivity index (χ3n) is 5.25. The van der Waals surface area contributed by atoms with Crippen LogP contribution in [0.5, 0.6) is 11.5 Å². The smallest absolute Gasteiger partial charge is 0.296 e. The Bertz CT molecular complexity index is 1170. The monoisotopic (exact) mass is 448 g/mol. The van der Waals surface area contributed by atoms with Gasteiger partial charge in [-0.25, -0.2) is 0 Å². The molecule has 2 aromatic heterocycles. The van der Waals surface area contributed by atoms with Crippen molar-refractivity contribution in [2.24, 2.45) is 0 Å². The summed E-state index contributed by atoms with van der Waals surface area (Å²) in [7, 11) is 0. The number of pyridine rings is 1. The van der Waals surface area contributed by atoms with Crippen LogP contribution < -0.4 is 9.47 Å². The van der Waals surface area contributed by atoms with Crippen molar-refractivity contribution in [1.82, 2.24) is 9.88 Å². The van der Waals surface area contributed by atoms with Crippen LogP contribution >= 0.6 is 0 Å². The Balaban J connectivity index is 1.84. The van der Waals surface area contributed by atoms with E-state index in [1.54, 1.807) is 48.8 Å². The van der Waals surface area contributed by atoms with E-state index in [2.05, 4.69) is 4.98 Å². The van der Waals surface area contributed by atoms with Crippen LogP contribution in [-0.4, -0.2) is 39.9 Å². The van der Waals surface area contributed by atoms with Crippen molar-refractivity contribution in [1.29, 1.82) is 0 Å². The first-order valence-corrected chi connectivity index (χ1v) is 10.7. The van der Waals surface area contributed by atoms with E-state index in [4.69, 9.17) is 13.9 Å². The Kier molecular flexibility index (Phi) is 6.44. The zero-order valence-electron chi connectivity index (χ0n) is 18.4. The maximum Gasteiger partial charge on any atom is 0.296 e. The molecule has 0 radical (unpaired) electrons. The van der Waals surface area contributed by atoms with Gasteiger partial charge in [-0.15, -0.1) is 0 Å². The largest absolute Gasteiger partial charge is 0.507 e. The molecular weight excluding hydrogens is 424 g/mol. The minimum atomic E-state index is -0.902. The number of aliphatic hydroxyl groups excluding tert-OH is 1. The number of ketones is 1. The van der Waals surface area contributed by atoms with Crippen LogP contribution in [0.15, 0.2) is 71.1 Å². The number of hydrogen-bond donors (Lipinski definition) is 1. The summed E-state index contributed by atoms with van der Waals surface area (Å²) >= 11 is 0. The number of furan rings is 1. The normalized spacial score (nSPS) is 17.4. The molecule has 0 saturated carbocycles. The first-order valence-electron chi connectivity index (χ1n) is 10.7. The summed E-state index contributed by atoms with van der Waals surface area (Å²) in [4.78, 5) is 31.6. The van der Waals surface area contributed by atoms with E-state index < -0.39 is 17.7 Å². The SMILES string of the molecule is CCOc1ccc(/C(O)=C2/C(=O)C(=O)N(Cc3cccnc3)C2c2ccco2)c(OCC)c1. The van der Waals surface area contributed by atoms with E-state index >= 15 is 0 Å². The first-order chi connectivity index (χ1) is 16.0. The molecule has 1 amide bonds. The molecule has 1 aromatic carbocycles. The number of ether oxygens (including phenoxy) is 2. The van der Waals surface area contributed by atoms with E-state index in [1.807, 2.05) is 19.9 Å². The predicted molar refractivity (Wildman–Crippen MR) is 120 cm³/mol. The summed E-state index contributed by atoms with van der Waals surface area (Å²) in [6.45, 7) is 4.61. The van der Waals surface area contributed by atoms with Crippen LogP contribution in [-0.2, 0) is 16.1 Å². The lowest BCUT2D eigenvalue weighted by Crippen LogP contribution is -2.29. The molecule has 1 aliphatic heterocycles. The van der Waals surface area contributed by atoms with Gasteiger partial charge >= 0.3 is 0 Å². The van der Waals surface area contributed by atoms with Crippen LogP contribution in [0.3, 0.4) is 0 Å². The van der Waals surface area contributed by atoms with Gasteiger partial charge in [-0.1, -0.05) is 6.07 Å². The first kappa shape index (κ1) is 22.1. The number of aromatic nitrogens is 1. The highest BCUT2D eigenvalue weighted by atomic mass is 16.5. The van der Waals surface area contributed by atoms with Gasteiger partial charge in [0.15, 0.2) is 0 Å². The molecule has 170 valence electrons. The molecule has 0 bridgehead atoms. The third kappa shape index (κ3) is 4.32. The van der Waals surface area contributed by atoms with E-state index in [0.717, 1.165) is 5.56 Å². The van der Waals surface area contributed by atoms with Gasteiger partial charge in [0.1, 0.15) is 29.1 Å². The predicted octanol–water partition coefficient (Wildman–Crippen LogP) is 4.09. The fraction of sp³-hybridized carbons (Fsp3) is 0.240. The quantitative estimate of drug-likeness (QED) is 0.314. The second kappa shape index (κ2) is 9.60. The maximum absolute atomic E-state index is 13.1. The molecule has 1 atom stereocenters. The van der Waals surface area contributed by atoms with Crippen LogP contribution in [0.1, 0.15) is 36.8 Å². The van der Waals surface area contributed by atoms with Gasteiger partial charge in [0.25, 0.3) is 11.7 Å². The number of benzene rings is 1. The van der Waals surface area contributed by atoms with Crippen molar-refractivity contribution in [3.8, 4) is 11.5 Å². The minimum absolute atomic E-state index is 0.0658. The molecule has 8 heteroatoms. The summed E-state index contributed by atoms with van der Waals surface area (Å²) in [6, 6.07) is 10.9. The number of likely N-dealkylation sites (tertiary alicyclic amines) is 1. The molecule has 3 heterocycles. The fourth-order valence-corrected chi connectivity index (χ4v) is 3.85. The maximum atomic E-state index is 13.1. The van der Waals surface area contributed by atoms with Gasteiger partial charge in [0.2, 0.25) is 0 Å². The van der Waals surface area contributed by atoms with Crippen LogP contribution in [0, 0.1) is 0 Å². The van der Waals surface area contributed by atoms with Crippen molar-refractivity contribution < 1.29 is 28.6 Å². The van der Waals surface area contributed by atoms with Gasteiger partial charge in [0.05, 0.1) is 30.6 Å². The number of rotatable bonds is 8. The highest BCUT2D eigenvalue weighted by molar-refractivity contribution is 6.46. The van der Waals surface area contributed by atoms with Gasteiger partial charge in [0, 0.05) is 25.0 Å². The van der Waals surface area contributed by atoms with Crippen LogP contribution in [0.4, 0.5) is 0 Å². The number of carbonyl (C=O) groups excluding carboxylic acids is 2.